The van der Waals surface area contributed by atoms with Crippen molar-refractivity contribution in [3.05, 3.63) is 0 Å². The zero-order valence-corrected chi connectivity index (χ0v) is 7.54. The van der Waals surface area contributed by atoms with Gasteiger partial charge in [0.05, 0.1) is 0 Å². The molecular weight excluding hydrogens is 264 g/mol. The van der Waals surface area contributed by atoms with Crippen molar-refractivity contribution in [2.24, 2.45) is 0 Å². The number of hydrogen-bond donors (Lipinski definition) is 0. The van der Waals surface area contributed by atoms with Crippen LogP contribution in [-0.4, -0.2) is 16.8 Å². The van der Waals surface area contributed by atoms with E-state index in [0.717, 1.165) is 0 Å². The molecule has 1 radical (unpaired) electrons. The van der Waals surface area contributed by atoms with Gasteiger partial charge >= 0.3 is 43.3 Å². The third-order valence-electron chi connectivity index (χ3n) is 0. The summed E-state index contributed by atoms with van der Waals surface area (Å²) < 4.78 is 0. The van der Waals surface area contributed by atoms with Crippen LogP contribution in [0.15, 0.2) is 0 Å². The van der Waals surface area contributed by atoms with Crippen molar-refractivity contribution in [2.45, 2.75) is 0 Å². The van der Waals surface area contributed by atoms with Gasteiger partial charge in [-0.3, -0.25) is 0 Å². The molecular formula is Cl4Sb. The fourth-order valence-electron chi connectivity index (χ4n) is 0. The topological polar surface area (TPSA) is 0 Å². The van der Waals surface area contributed by atoms with Gasteiger partial charge in [0.2, 0.25) is 0 Å². The Balaban J connectivity index is 0. The molecule has 5 heavy (non-hydrogen) atoms. The third kappa shape index (κ3) is 24.2. The van der Waals surface area contributed by atoms with E-state index in [0.29, 0.717) is 0 Å². The van der Waals surface area contributed by atoms with E-state index >= 15 is 0 Å². The Morgan fingerprint density at radius 2 is 1.00 bits per heavy atom. The van der Waals surface area contributed by atoms with Crippen molar-refractivity contribution < 1.29 is 12.4 Å². The molecule has 0 unspecified atom stereocenters. The molecule has 0 saturated heterocycles. The third-order valence-corrected chi connectivity index (χ3v) is 0. The number of hydrogen-bond acceptors (Lipinski definition) is 0. The first-order chi connectivity index (χ1) is 1.73. The van der Waals surface area contributed by atoms with Crippen molar-refractivity contribution in [2.75, 3.05) is 0 Å². The van der Waals surface area contributed by atoms with Crippen LogP contribution in [-0.2, 0) is 0 Å². The van der Waals surface area contributed by atoms with Gasteiger partial charge in [0.1, 0.15) is 0 Å². The molecule has 0 aliphatic rings. The predicted octanol–water partition coefficient (Wildman–Crippen LogP) is -1.31. The van der Waals surface area contributed by atoms with E-state index in [-0.39, 0.29) is 12.4 Å². The average molecular weight is 264 g/mol. The van der Waals surface area contributed by atoms with Crippen molar-refractivity contribution in [1.29, 1.82) is 0 Å². The quantitative estimate of drug-likeness (QED) is 0.476. The van der Waals surface area contributed by atoms with Gasteiger partial charge < -0.3 is 12.4 Å². The molecule has 33 valence electrons. The van der Waals surface area contributed by atoms with Crippen LogP contribution in [0.1, 0.15) is 0 Å². The van der Waals surface area contributed by atoms with Gasteiger partial charge in [-0.1, -0.05) is 0 Å². The Hall–Kier alpha value is 1.98. The monoisotopic (exact) mass is 261 g/mol. The standard InChI is InChI=1S/4ClH.Sb/h4*1H;/q;;;;+4/p-4. The first kappa shape index (κ1) is 10.1. The zero-order chi connectivity index (χ0) is 3.58. The minimum atomic E-state index is -2.03. The summed E-state index contributed by atoms with van der Waals surface area (Å²) in [4.78, 5) is 0. The molecule has 0 atom stereocenters. The molecule has 0 N–H and O–H groups in total. The van der Waals surface area contributed by atoms with Gasteiger partial charge in [-0.15, -0.1) is 0 Å². The van der Waals surface area contributed by atoms with Crippen LogP contribution in [0.5, 0.6) is 0 Å². The molecule has 0 aromatic rings. The Labute approximate surface area is 55.2 Å². The molecule has 0 spiro atoms. The molecule has 0 aliphatic heterocycles. The molecule has 0 fully saturated rings. The van der Waals surface area contributed by atoms with Crippen molar-refractivity contribution in [3.8, 4) is 0 Å². The second kappa shape index (κ2) is 5.98. The summed E-state index contributed by atoms with van der Waals surface area (Å²) in [6, 6.07) is 0. The van der Waals surface area contributed by atoms with E-state index in [1.807, 2.05) is 0 Å². The Kier molecular flexibility index (Phi) is 12.0. The second-order valence-corrected chi connectivity index (χ2v) is 11.6. The molecule has 0 heterocycles. The fraction of sp³-hybridized carbons (Fsp3) is 0. The van der Waals surface area contributed by atoms with Crippen LogP contribution in [0.2, 0.25) is 0 Å². The molecule has 0 nitrogen and oxygen atoms in total. The summed E-state index contributed by atoms with van der Waals surface area (Å²) in [5.74, 6) is 0. The van der Waals surface area contributed by atoms with Gasteiger partial charge in [-0.05, 0) is 0 Å². The van der Waals surface area contributed by atoms with E-state index in [9.17, 15) is 0 Å². The normalized spacial score (nSPS) is 7.20. The van der Waals surface area contributed by atoms with E-state index in [1.165, 1.54) is 0 Å². The number of halogens is 4. The SMILES string of the molecule is [Cl-].[Cl][Sb+]([Cl])[Cl]. The van der Waals surface area contributed by atoms with Crippen LogP contribution in [0, 0.1) is 0 Å². The van der Waals surface area contributed by atoms with E-state index in [1.54, 1.807) is 0 Å². The fourth-order valence-corrected chi connectivity index (χ4v) is 0. The molecule has 0 amide bonds. The Morgan fingerprint density at radius 1 is 1.00 bits per heavy atom. The molecule has 0 aromatic carbocycles. The summed E-state index contributed by atoms with van der Waals surface area (Å²) in [6.45, 7) is 0. The second-order valence-electron chi connectivity index (χ2n) is 0.192. The van der Waals surface area contributed by atoms with Gasteiger partial charge in [0, 0.05) is 0 Å². The van der Waals surface area contributed by atoms with Gasteiger partial charge in [-0.2, -0.15) is 0 Å². The van der Waals surface area contributed by atoms with Gasteiger partial charge in [-0.25, -0.2) is 0 Å². The van der Waals surface area contributed by atoms with E-state index in [2.05, 4.69) is 0 Å². The summed E-state index contributed by atoms with van der Waals surface area (Å²) >= 11 is -2.03. The van der Waals surface area contributed by atoms with E-state index in [4.69, 9.17) is 26.5 Å². The van der Waals surface area contributed by atoms with Crippen LogP contribution >= 0.6 is 26.5 Å². The molecule has 0 aromatic heterocycles. The molecule has 0 rings (SSSR count). The predicted molar refractivity (Wildman–Crippen MR) is 23.3 cm³/mol. The van der Waals surface area contributed by atoms with Gasteiger partial charge in [0.25, 0.3) is 0 Å². The maximum absolute atomic E-state index is 4.99. The van der Waals surface area contributed by atoms with E-state index < -0.39 is 16.8 Å². The zero-order valence-electron chi connectivity index (χ0n) is 1.96. The molecule has 0 bridgehead atoms. The first-order valence-electron chi connectivity index (χ1n) is 0.507. The van der Waals surface area contributed by atoms with Crippen LogP contribution in [0.25, 0.3) is 0 Å². The Morgan fingerprint density at radius 3 is 1.00 bits per heavy atom. The number of rotatable bonds is 0. The van der Waals surface area contributed by atoms with Crippen molar-refractivity contribution in [1.82, 2.24) is 0 Å². The first-order valence-corrected chi connectivity index (χ1v) is 10.2. The Bertz CT molecular complexity index is 8.36. The summed E-state index contributed by atoms with van der Waals surface area (Å²) in [7, 11) is 15.0. The van der Waals surface area contributed by atoms with Crippen molar-refractivity contribution in [3.63, 3.8) is 0 Å². The van der Waals surface area contributed by atoms with Gasteiger partial charge in [0.15, 0.2) is 0 Å². The van der Waals surface area contributed by atoms with Crippen molar-refractivity contribution >= 4 is 43.3 Å². The van der Waals surface area contributed by atoms with Crippen LogP contribution in [0.4, 0.5) is 0 Å². The molecule has 0 saturated carbocycles. The summed E-state index contributed by atoms with van der Waals surface area (Å²) in [6.07, 6.45) is 0. The average Bonchev–Trinajstić information content (AvgIpc) is 0.811. The maximum atomic E-state index is 4.99. The summed E-state index contributed by atoms with van der Waals surface area (Å²) in [5.41, 5.74) is 0. The van der Waals surface area contributed by atoms with Crippen LogP contribution in [0.3, 0.4) is 0 Å². The summed E-state index contributed by atoms with van der Waals surface area (Å²) in [5, 5.41) is 0. The molecule has 5 heteroatoms. The molecule has 0 aliphatic carbocycles. The van der Waals surface area contributed by atoms with Crippen LogP contribution < -0.4 is 12.4 Å². The minimum absolute atomic E-state index is 0.